The molecular weight excluding hydrogens is 462 g/mol. The van der Waals surface area contributed by atoms with Crippen molar-refractivity contribution in [2.45, 2.75) is 32.0 Å². The molecule has 2 aromatic carbocycles. The number of hydrogen-bond acceptors (Lipinski definition) is 4. The summed E-state index contributed by atoms with van der Waals surface area (Å²) < 4.78 is 2.45. The summed E-state index contributed by atoms with van der Waals surface area (Å²) in [5, 5.41) is 4.43. The summed E-state index contributed by atoms with van der Waals surface area (Å²) in [5.74, 6) is -0.0271. The lowest BCUT2D eigenvalue weighted by atomic mass is 10.2. The first-order chi connectivity index (χ1) is 13.4. The smallest absolute Gasteiger partial charge is 0.262 e. The number of nitrogens with zero attached hydrogens (tertiary/aromatic N) is 2. The van der Waals surface area contributed by atoms with Crippen LogP contribution in [0.15, 0.2) is 50.8 Å². The Bertz CT molecular complexity index is 1100. The quantitative estimate of drug-likeness (QED) is 0.386. The van der Waals surface area contributed by atoms with E-state index < -0.39 is 0 Å². The minimum Gasteiger partial charge on any atom is -0.324 e. The highest BCUT2D eigenvalue weighted by molar-refractivity contribution is 9.10. The third-order valence-corrected chi connectivity index (χ3v) is 5.93. The van der Waals surface area contributed by atoms with Gasteiger partial charge in [0.1, 0.15) is 0 Å². The van der Waals surface area contributed by atoms with Crippen LogP contribution >= 0.6 is 39.3 Å². The van der Waals surface area contributed by atoms with Crippen LogP contribution in [0.5, 0.6) is 0 Å². The van der Waals surface area contributed by atoms with Gasteiger partial charge in [-0.1, -0.05) is 36.4 Å². The van der Waals surface area contributed by atoms with Gasteiger partial charge in [-0.25, -0.2) is 4.98 Å². The molecule has 0 aliphatic heterocycles. The van der Waals surface area contributed by atoms with Crippen molar-refractivity contribution in [2.24, 2.45) is 0 Å². The Morgan fingerprint density at radius 3 is 2.79 bits per heavy atom. The van der Waals surface area contributed by atoms with Crippen LogP contribution in [0.3, 0.4) is 0 Å². The number of carbonyl (C=O) groups is 1. The first kappa shape index (κ1) is 20.9. The fraction of sp³-hybridized carbons (Fsp3) is 0.250. The van der Waals surface area contributed by atoms with E-state index in [-0.39, 0.29) is 17.2 Å². The standard InChI is InChI=1S/C20H19BrClN3O2S/c1-3-8-25-19(27)14-6-5-13(22)10-17(14)24-20(25)28-11-18(26)23-16-7-4-12(2)9-15(16)21/h4-7,9-10H,3,8,11H2,1-2H3,(H,23,26). The molecule has 0 atom stereocenters. The van der Waals surface area contributed by atoms with Gasteiger partial charge in [-0.15, -0.1) is 0 Å². The highest BCUT2D eigenvalue weighted by atomic mass is 79.9. The van der Waals surface area contributed by atoms with Crippen LogP contribution in [0.4, 0.5) is 5.69 Å². The second-order valence-corrected chi connectivity index (χ2v) is 8.57. The Labute approximate surface area is 180 Å². The molecule has 0 bridgehead atoms. The number of amides is 1. The zero-order chi connectivity index (χ0) is 20.3. The van der Waals surface area contributed by atoms with E-state index >= 15 is 0 Å². The molecular formula is C20H19BrClN3O2S. The fourth-order valence-corrected chi connectivity index (χ4v) is 4.33. The number of anilines is 1. The van der Waals surface area contributed by atoms with Gasteiger partial charge in [0.05, 0.1) is 22.3 Å². The number of aryl methyl sites for hydroxylation is 1. The van der Waals surface area contributed by atoms with Gasteiger partial charge in [-0.3, -0.25) is 14.2 Å². The molecule has 1 aromatic heterocycles. The number of hydrogen-bond donors (Lipinski definition) is 1. The number of fused-ring (bicyclic) bond motifs is 1. The molecule has 0 fully saturated rings. The maximum Gasteiger partial charge on any atom is 0.262 e. The summed E-state index contributed by atoms with van der Waals surface area (Å²) in [6.45, 7) is 4.52. The van der Waals surface area contributed by atoms with Crippen molar-refractivity contribution >= 4 is 61.8 Å². The fourth-order valence-electron chi connectivity index (χ4n) is 2.74. The number of rotatable bonds is 6. The number of carbonyl (C=O) groups excluding carboxylic acids is 1. The lowest BCUT2D eigenvalue weighted by molar-refractivity contribution is -0.113. The largest absolute Gasteiger partial charge is 0.324 e. The van der Waals surface area contributed by atoms with Crippen LogP contribution in [0.2, 0.25) is 5.02 Å². The average Bonchev–Trinajstić information content (AvgIpc) is 2.65. The number of halogens is 2. The molecule has 0 aliphatic rings. The van der Waals surface area contributed by atoms with E-state index in [1.54, 1.807) is 22.8 Å². The number of benzene rings is 2. The van der Waals surface area contributed by atoms with Crippen LogP contribution in [0.1, 0.15) is 18.9 Å². The van der Waals surface area contributed by atoms with Gasteiger partial charge in [-0.05, 0) is 65.2 Å². The van der Waals surface area contributed by atoms with E-state index in [2.05, 4.69) is 26.2 Å². The Balaban J connectivity index is 1.83. The zero-order valence-electron chi connectivity index (χ0n) is 15.5. The molecule has 1 amide bonds. The number of aromatic nitrogens is 2. The Morgan fingerprint density at radius 2 is 2.07 bits per heavy atom. The molecule has 5 nitrogen and oxygen atoms in total. The normalized spacial score (nSPS) is 11.0. The van der Waals surface area contributed by atoms with Gasteiger partial charge in [0.15, 0.2) is 5.16 Å². The van der Waals surface area contributed by atoms with Crippen LogP contribution in [0.25, 0.3) is 10.9 Å². The van der Waals surface area contributed by atoms with Crippen molar-refractivity contribution in [1.29, 1.82) is 0 Å². The van der Waals surface area contributed by atoms with Crippen LogP contribution in [-0.2, 0) is 11.3 Å². The van der Waals surface area contributed by atoms with Gasteiger partial charge in [0, 0.05) is 16.0 Å². The van der Waals surface area contributed by atoms with Gasteiger partial charge < -0.3 is 5.32 Å². The highest BCUT2D eigenvalue weighted by Gasteiger charge is 2.14. The topological polar surface area (TPSA) is 64.0 Å². The van der Waals surface area contributed by atoms with Crippen LogP contribution < -0.4 is 10.9 Å². The summed E-state index contributed by atoms with van der Waals surface area (Å²) in [6.07, 6.45) is 0.788. The Morgan fingerprint density at radius 1 is 1.29 bits per heavy atom. The van der Waals surface area contributed by atoms with Gasteiger partial charge >= 0.3 is 0 Å². The van der Waals surface area contributed by atoms with Crippen LogP contribution in [0, 0.1) is 6.92 Å². The predicted molar refractivity (Wildman–Crippen MR) is 120 cm³/mol. The van der Waals surface area contributed by atoms with Gasteiger partial charge in [-0.2, -0.15) is 0 Å². The van der Waals surface area contributed by atoms with E-state index in [0.29, 0.717) is 33.3 Å². The average molecular weight is 481 g/mol. The molecule has 0 spiro atoms. The molecule has 0 radical (unpaired) electrons. The summed E-state index contributed by atoms with van der Waals surface area (Å²) >= 11 is 10.7. The Hall–Kier alpha value is -1.83. The summed E-state index contributed by atoms with van der Waals surface area (Å²) in [4.78, 5) is 29.8. The minimum absolute atomic E-state index is 0.118. The third kappa shape index (κ3) is 4.77. The second-order valence-electron chi connectivity index (χ2n) is 6.33. The minimum atomic E-state index is -0.168. The highest BCUT2D eigenvalue weighted by Crippen LogP contribution is 2.25. The summed E-state index contributed by atoms with van der Waals surface area (Å²) in [7, 11) is 0. The number of nitrogens with one attached hydrogen (secondary N) is 1. The molecule has 1 N–H and O–H groups in total. The molecule has 0 unspecified atom stereocenters. The molecule has 146 valence electrons. The van der Waals surface area contributed by atoms with Crippen molar-refractivity contribution in [3.8, 4) is 0 Å². The van der Waals surface area contributed by atoms with E-state index in [4.69, 9.17) is 11.6 Å². The number of thioether (sulfide) groups is 1. The summed E-state index contributed by atoms with van der Waals surface area (Å²) in [5.41, 5.74) is 2.23. The van der Waals surface area contributed by atoms with Crippen molar-refractivity contribution < 1.29 is 4.79 Å². The monoisotopic (exact) mass is 479 g/mol. The van der Waals surface area contributed by atoms with Crippen molar-refractivity contribution in [3.63, 3.8) is 0 Å². The van der Waals surface area contributed by atoms with Crippen LogP contribution in [-0.4, -0.2) is 21.2 Å². The molecule has 1 heterocycles. The molecule has 0 saturated carbocycles. The second kappa shape index (κ2) is 9.11. The molecule has 8 heteroatoms. The Kier molecular flexibility index (Phi) is 6.80. The maximum absolute atomic E-state index is 12.8. The van der Waals surface area contributed by atoms with Gasteiger partial charge in [0.2, 0.25) is 5.91 Å². The lowest BCUT2D eigenvalue weighted by Crippen LogP contribution is -2.24. The van der Waals surface area contributed by atoms with E-state index in [9.17, 15) is 9.59 Å². The molecule has 0 saturated heterocycles. The first-order valence-electron chi connectivity index (χ1n) is 8.78. The molecule has 0 aliphatic carbocycles. The van der Waals surface area contributed by atoms with E-state index in [1.165, 1.54) is 11.8 Å². The van der Waals surface area contributed by atoms with E-state index in [1.807, 2.05) is 32.0 Å². The van der Waals surface area contributed by atoms with Crippen molar-refractivity contribution in [2.75, 3.05) is 11.1 Å². The summed E-state index contributed by atoms with van der Waals surface area (Å²) in [6, 6.07) is 10.8. The van der Waals surface area contributed by atoms with E-state index in [0.717, 1.165) is 16.5 Å². The molecule has 3 aromatic rings. The third-order valence-electron chi connectivity index (χ3n) is 4.06. The molecule has 3 rings (SSSR count). The lowest BCUT2D eigenvalue weighted by Gasteiger charge is -2.13. The van der Waals surface area contributed by atoms with Gasteiger partial charge in [0.25, 0.3) is 5.56 Å². The maximum atomic E-state index is 12.8. The van der Waals surface area contributed by atoms with Crippen molar-refractivity contribution in [1.82, 2.24) is 9.55 Å². The zero-order valence-corrected chi connectivity index (χ0v) is 18.6. The van der Waals surface area contributed by atoms with Crippen molar-refractivity contribution in [3.05, 3.63) is 61.8 Å². The first-order valence-corrected chi connectivity index (χ1v) is 10.9. The SMILES string of the molecule is CCCn1c(SCC(=O)Nc2ccc(C)cc2Br)nc2cc(Cl)ccc2c1=O. The predicted octanol–water partition coefficient (Wildman–Crippen LogP) is 5.26. The molecule has 28 heavy (non-hydrogen) atoms.